The fraction of sp³-hybridized carbons (Fsp3) is 0.500. The minimum absolute atomic E-state index is 0.252. The van der Waals surface area contributed by atoms with Gasteiger partial charge in [0.05, 0.1) is 5.56 Å². The molecular formula is C12H12F3N. The number of hydrogen-bond donors (Lipinski definition) is 1. The second-order valence-electron chi connectivity index (χ2n) is 4.61. The minimum atomic E-state index is -4.23. The van der Waals surface area contributed by atoms with E-state index in [1.807, 2.05) is 7.05 Å². The van der Waals surface area contributed by atoms with Crippen LogP contribution in [0.5, 0.6) is 0 Å². The molecule has 1 N–H and O–H groups in total. The average Bonchev–Trinajstić information content (AvgIpc) is 2.93. The molecule has 0 aromatic heterocycles. The van der Waals surface area contributed by atoms with Gasteiger partial charge in [0.1, 0.15) is 0 Å². The Hall–Kier alpha value is -1.03. The van der Waals surface area contributed by atoms with Crippen molar-refractivity contribution in [2.75, 3.05) is 7.05 Å². The Labute approximate surface area is 91.7 Å². The van der Waals surface area contributed by atoms with E-state index < -0.39 is 11.7 Å². The number of rotatable bonds is 1. The fourth-order valence-corrected chi connectivity index (χ4v) is 2.90. The van der Waals surface area contributed by atoms with E-state index >= 15 is 0 Å². The Morgan fingerprint density at radius 1 is 1.25 bits per heavy atom. The molecule has 1 nitrogen and oxygen atoms in total. The summed E-state index contributed by atoms with van der Waals surface area (Å²) in [6, 6.07) is 4.40. The van der Waals surface area contributed by atoms with E-state index in [1.54, 1.807) is 6.07 Å². The zero-order valence-electron chi connectivity index (χ0n) is 8.81. The van der Waals surface area contributed by atoms with Crippen molar-refractivity contribution in [3.8, 4) is 0 Å². The van der Waals surface area contributed by atoms with Crippen LogP contribution in [0.1, 0.15) is 35.1 Å². The van der Waals surface area contributed by atoms with E-state index in [2.05, 4.69) is 5.32 Å². The van der Waals surface area contributed by atoms with E-state index in [-0.39, 0.29) is 6.04 Å². The molecule has 3 atom stereocenters. The maximum Gasteiger partial charge on any atom is 0.416 e. The molecule has 16 heavy (non-hydrogen) atoms. The third kappa shape index (κ3) is 1.29. The van der Waals surface area contributed by atoms with Crippen molar-refractivity contribution in [3.63, 3.8) is 0 Å². The molecule has 0 amide bonds. The third-order valence-electron chi connectivity index (χ3n) is 3.73. The summed E-state index contributed by atoms with van der Waals surface area (Å²) >= 11 is 0. The fourth-order valence-electron chi connectivity index (χ4n) is 2.90. The van der Waals surface area contributed by atoms with E-state index in [0.29, 0.717) is 11.8 Å². The normalized spacial score (nSPS) is 31.1. The number of halogens is 3. The second kappa shape index (κ2) is 3.00. The van der Waals surface area contributed by atoms with E-state index in [0.717, 1.165) is 17.5 Å². The van der Waals surface area contributed by atoms with Crippen molar-refractivity contribution in [1.29, 1.82) is 0 Å². The van der Waals surface area contributed by atoms with Crippen LogP contribution in [-0.2, 0) is 6.18 Å². The molecule has 1 aromatic rings. The number of alkyl halides is 3. The molecule has 0 spiro atoms. The molecule has 0 aliphatic heterocycles. The summed E-state index contributed by atoms with van der Waals surface area (Å²) in [5.41, 5.74) is 1.43. The van der Waals surface area contributed by atoms with Crippen molar-refractivity contribution < 1.29 is 13.2 Å². The summed E-state index contributed by atoms with van der Waals surface area (Å²) in [6.07, 6.45) is -3.20. The highest BCUT2D eigenvalue weighted by molar-refractivity contribution is 5.47. The maximum absolute atomic E-state index is 12.6. The van der Waals surface area contributed by atoms with Gasteiger partial charge in [-0.15, -0.1) is 0 Å². The molecule has 2 aliphatic rings. The molecular weight excluding hydrogens is 215 g/mol. The maximum atomic E-state index is 12.6. The molecule has 0 radical (unpaired) electrons. The van der Waals surface area contributed by atoms with Gasteiger partial charge in [-0.25, -0.2) is 0 Å². The van der Waals surface area contributed by atoms with Crippen LogP contribution in [0.25, 0.3) is 0 Å². The number of fused-ring (bicyclic) bond motifs is 3. The van der Waals surface area contributed by atoms with Gasteiger partial charge < -0.3 is 5.32 Å². The summed E-state index contributed by atoms with van der Waals surface area (Å²) in [7, 11) is 1.87. The van der Waals surface area contributed by atoms with Gasteiger partial charge in [-0.2, -0.15) is 13.2 Å². The zero-order chi connectivity index (χ0) is 11.5. The summed E-state index contributed by atoms with van der Waals surface area (Å²) in [6.45, 7) is 0. The molecule has 0 bridgehead atoms. The predicted octanol–water partition coefficient (Wildman–Crippen LogP) is 3.08. The number of benzene rings is 1. The molecule has 2 aliphatic carbocycles. The van der Waals surface area contributed by atoms with E-state index in [9.17, 15) is 13.2 Å². The molecule has 86 valence electrons. The van der Waals surface area contributed by atoms with Gasteiger partial charge in [0.2, 0.25) is 0 Å². The molecule has 1 fully saturated rings. The first kappa shape index (κ1) is 10.1. The van der Waals surface area contributed by atoms with E-state index in [1.165, 1.54) is 12.1 Å². The standard InChI is InChI=1S/C12H12F3N/c1-16-11-7-3-2-6(12(13,14)15)4-8(7)9-5-10(9)11/h2-4,9-11,16H,5H2,1H3/t9-,10-,11+/m1/s1. The van der Waals surface area contributed by atoms with Gasteiger partial charge in [-0.1, -0.05) is 6.07 Å². The lowest BCUT2D eigenvalue weighted by Crippen LogP contribution is -2.16. The number of nitrogens with one attached hydrogen (secondary N) is 1. The van der Waals surface area contributed by atoms with Crippen molar-refractivity contribution in [2.24, 2.45) is 5.92 Å². The average molecular weight is 227 g/mol. The lowest BCUT2D eigenvalue weighted by Gasteiger charge is -2.15. The zero-order valence-corrected chi connectivity index (χ0v) is 8.81. The second-order valence-corrected chi connectivity index (χ2v) is 4.61. The quantitative estimate of drug-likeness (QED) is 0.777. The van der Waals surface area contributed by atoms with Crippen LogP contribution >= 0.6 is 0 Å². The molecule has 3 rings (SSSR count). The van der Waals surface area contributed by atoms with Crippen molar-refractivity contribution in [2.45, 2.75) is 24.6 Å². The van der Waals surface area contributed by atoms with Crippen molar-refractivity contribution in [3.05, 3.63) is 34.9 Å². The molecule has 4 heteroatoms. The van der Waals surface area contributed by atoms with Gasteiger partial charge in [-0.05, 0) is 48.6 Å². The van der Waals surface area contributed by atoms with Gasteiger partial charge in [-0.3, -0.25) is 0 Å². The van der Waals surface area contributed by atoms with Crippen LogP contribution in [0.3, 0.4) is 0 Å². The topological polar surface area (TPSA) is 12.0 Å². The molecule has 0 unspecified atom stereocenters. The van der Waals surface area contributed by atoms with Crippen LogP contribution in [-0.4, -0.2) is 7.05 Å². The minimum Gasteiger partial charge on any atom is -0.313 e. The summed E-state index contributed by atoms with van der Waals surface area (Å²) in [5, 5.41) is 3.19. The van der Waals surface area contributed by atoms with E-state index in [4.69, 9.17) is 0 Å². The molecule has 0 saturated heterocycles. The van der Waals surface area contributed by atoms with Gasteiger partial charge in [0.25, 0.3) is 0 Å². The largest absolute Gasteiger partial charge is 0.416 e. The Kier molecular flexibility index (Phi) is 1.90. The highest BCUT2D eigenvalue weighted by Gasteiger charge is 2.51. The molecule has 0 heterocycles. The monoisotopic (exact) mass is 227 g/mol. The van der Waals surface area contributed by atoms with Crippen LogP contribution in [0, 0.1) is 5.92 Å². The van der Waals surface area contributed by atoms with Crippen molar-refractivity contribution in [1.82, 2.24) is 5.32 Å². The van der Waals surface area contributed by atoms with Gasteiger partial charge in [0, 0.05) is 6.04 Å². The Bertz CT molecular complexity index is 438. The highest BCUT2D eigenvalue weighted by atomic mass is 19.4. The summed E-state index contributed by atoms with van der Waals surface area (Å²) in [5.74, 6) is 0.873. The van der Waals surface area contributed by atoms with Crippen LogP contribution in [0.4, 0.5) is 13.2 Å². The predicted molar refractivity (Wildman–Crippen MR) is 54.1 cm³/mol. The first-order chi connectivity index (χ1) is 7.52. The first-order valence-electron chi connectivity index (χ1n) is 5.40. The Balaban J connectivity index is 2.05. The number of hydrogen-bond acceptors (Lipinski definition) is 1. The first-order valence-corrected chi connectivity index (χ1v) is 5.40. The summed E-state index contributed by atoms with van der Waals surface area (Å²) in [4.78, 5) is 0. The lowest BCUT2D eigenvalue weighted by atomic mass is 10.00. The SMILES string of the molecule is CN[C@H]1c2ccc(C(F)(F)F)cc2[C@H]2C[C@H]21. The van der Waals surface area contributed by atoms with Crippen LogP contribution < -0.4 is 5.32 Å². The van der Waals surface area contributed by atoms with Crippen molar-refractivity contribution >= 4 is 0 Å². The third-order valence-corrected chi connectivity index (χ3v) is 3.73. The highest BCUT2D eigenvalue weighted by Crippen LogP contribution is 2.61. The summed E-state index contributed by atoms with van der Waals surface area (Å²) < 4.78 is 37.7. The lowest BCUT2D eigenvalue weighted by molar-refractivity contribution is -0.137. The smallest absolute Gasteiger partial charge is 0.313 e. The van der Waals surface area contributed by atoms with Gasteiger partial charge in [0.15, 0.2) is 0 Å². The van der Waals surface area contributed by atoms with Crippen LogP contribution in [0.2, 0.25) is 0 Å². The Morgan fingerprint density at radius 2 is 2.00 bits per heavy atom. The Morgan fingerprint density at radius 3 is 2.62 bits per heavy atom. The van der Waals surface area contributed by atoms with Crippen LogP contribution in [0.15, 0.2) is 18.2 Å². The van der Waals surface area contributed by atoms with Gasteiger partial charge >= 0.3 is 6.18 Å². The molecule has 1 saturated carbocycles. The molecule has 1 aromatic carbocycles.